The average Bonchev–Trinajstić information content (AvgIpc) is 3.27. The number of hydrogen-bond acceptors (Lipinski definition) is 3. The van der Waals surface area contributed by atoms with Gasteiger partial charge in [0.05, 0.1) is 6.54 Å². The standard InChI is InChI=1S/C19H34N4S/c1-5-20-19(21-13-16(4)18-9-8-12-24-18)23-11-10-17(15-23)14-22(6-2)7-3/h8-9,12,16-17H,5-7,10-11,13-15H2,1-4H3,(H,20,21). The van der Waals surface area contributed by atoms with Gasteiger partial charge in [0.15, 0.2) is 5.96 Å². The van der Waals surface area contributed by atoms with Crippen molar-refractivity contribution in [2.45, 2.75) is 40.0 Å². The molecule has 0 bridgehead atoms. The summed E-state index contributed by atoms with van der Waals surface area (Å²) in [5.74, 6) is 2.36. The van der Waals surface area contributed by atoms with E-state index in [-0.39, 0.29) is 0 Å². The molecular weight excluding hydrogens is 316 g/mol. The highest BCUT2D eigenvalue weighted by molar-refractivity contribution is 7.10. The zero-order chi connectivity index (χ0) is 17.4. The molecule has 1 aliphatic rings. The van der Waals surface area contributed by atoms with Crippen molar-refractivity contribution in [3.63, 3.8) is 0 Å². The minimum Gasteiger partial charge on any atom is -0.357 e. The molecule has 1 saturated heterocycles. The average molecular weight is 351 g/mol. The van der Waals surface area contributed by atoms with Crippen molar-refractivity contribution < 1.29 is 0 Å². The second-order valence-corrected chi connectivity index (χ2v) is 7.68. The van der Waals surface area contributed by atoms with Gasteiger partial charge in [-0.3, -0.25) is 4.99 Å². The van der Waals surface area contributed by atoms with E-state index >= 15 is 0 Å². The van der Waals surface area contributed by atoms with Crippen LogP contribution < -0.4 is 5.32 Å². The number of aliphatic imine (C=N–C) groups is 1. The maximum Gasteiger partial charge on any atom is 0.193 e. The van der Waals surface area contributed by atoms with Crippen LogP contribution in [0.5, 0.6) is 0 Å². The van der Waals surface area contributed by atoms with Gasteiger partial charge in [0.1, 0.15) is 0 Å². The van der Waals surface area contributed by atoms with E-state index in [0.29, 0.717) is 5.92 Å². The lowest BCUT2D eigenvalue weighted by Gasteiger charge is -2.24. The molecule has 2 unspecified atom stereocenters. The molecule has 2 rings (SSSR count). The van der Waals surface area contributed by atoms with Crippen LogP contribution in [0.3, 0.4) is 0 Å². The molecule has 1 N–H and O–H groups in total. The topological polar surface area (TPSA) is 30.9 Å². The molecule has 1 fully saturated rings. The second-order valence-electron chi connectivity index (χ2n) is 6.70. The van der Waals surface area contributed by atoms with E-state index in [2.05, 4.69) is 60.3 Å². The number of likely N-dealkylation sites (tertiary alicyclic amines) is 1. The number of hydrogen-bond donors (Lipinski definition) is 1. The van der Waals surface area contributed by atoms with Crippen molar-refractivity contribution >= 4 is 17.3 Å². The van der Waals surface area contributed by atoms with E-state index in [9.17, 15) is 0 Å². The Labute approximate surface area is 152 Å². The highest BCUT2D eigenvalue weighted by Crippen LogP contribution is 2.22. The highest BCUT2D eigenvalue weighted by Gasteiger charge is 2.26. The molecule has 5 heteroatoms. The van der Waals surface area contributed by atoms with Crippen LogP contribution in [-0.2, 0) is 0 Å². The number of nitrogens with one attached hydrogen (secondary N) is 1. The smallest absolute Gasteiger partial charge is 0.193 e. The van der Waals surface area contributed by atoms with Crippen molar-refractivity contribution in [1.29, 1.82) is 0 Å². The third-order valence-corrected chi connectivity index (χ3v) is 5.98. The van der Waals surface area contributed by atoms with E-state index in [0.717, 1.165) is 51.1 Å². The lowest BCUT2D eigenvalue weighted by atomic mass is 10.1. The first kappa shape index (κ1) is 19.3. The molecule has 0 amide bonds. The summed E-state index contributed by atoms with van der Waals surface area (Å²) in [5.41, 5.74) is 0. The largest absolute Gasteiger partial charge is 0.357 e. The molecule has 1 aliphatic heterocycles. The summed E-state index contributed by atoms with van der Waals surface area (Å²) in [5, 5.41) is 5.64. The predicted molar refractivity (Wildman–Crippen MR) is 106 cm³/mol. The minimum absolute atomic E-state index is 0.493. The lowest BCUT2D eigenvalue weighted by molar-refractivity contribution is 0.255. The summed E-state index contributed by atoms with van der Waals surface area (Å²) < 4.78 is 0. The molecule has 2 heterocycles. The molecular formula is C19H34N4S. The number of guanidine groups is 1. The van der Waals surface area contributed by atoms with Crippen LogP contribution in [0.2, 0.25) is 0 Å². The number of nitrogens with zero attached hydrogens (tertiary/aromatic N) is 3. The molecule has 0 spiro atoms. The van der Waals surface area contributed by atoms with Crippen LogP contribution in [0.4, 0.5) is 0 Å². The molecule has 1 aromatic heterocycles. The first-order chi connectivity index (χ1) is 11.7. The van der Waals surface area contributed by atoms with Crippen LogP contribution in [0.25, 0.3) is 0 Å². The Balaban J connectivity index is 1.91. The predicted octanol–water partition coefficient (Wildman–Crippen LogP) is 3.48. The summed E-state index contributed by atoms with van der Waals surface area (Å²) in [6.07, 6.45) is 1.28. The molecule has 136 valence electrons. The van der Waals surface area contributed by atoms with E-state index in [1.165, 1.54) is 17.8 Å². The summed E-state index contributed by atoms with van der Waals surface area (Å²) in [7, 11) is 0. The minimum atomic E-state index is 0.493. The number of thiophene rings is 1. The van der Waals surface area contributed by atoms with Gasteiger partial charge in [0.25, 0.3) is 0 Å². The molecule has 0 aliphatic carbocycles. The van der Waals surface area contributed by atoms with Gasteiger partial charge in [-0.25, -0.2) is 0 Å². The molecule has 0 aromatic carbocycles. The molecule has 0 radical (unpaired) electrons. The Morgan fingerprint density at radius 1 is 1.42 bits per heavy atom. The van der Waals surface area contributed by atoms with Gasteiger partial charge in [0.2, 0.25) is 0 Å². The van der Waals surface area contributed by atoms with E-state index < -0.39 is 0 Å². The SMILES string of the molecule is CCNC(=NCC(C)c1cccs1)N1CCC(CN(CC)CC)C1. The Kier molecular flexibility index (Phi) is 8.06. The van der Waals surface area contributed by atoms with Gasteiger partial charge in [-0.2, -0.15) is 0 Å². The maximum atomic E-state index is 4.93. The monoisotopic (exact) mass is 350 g/mol. The zero-order valence-corrected chi connectivity index (χ0v) is 16.6. The van der Waals surface area contributed by atoms with Crippen molar-refractivity contribution in [3.05, 3.63) is 22.4 Å². The molecule has 0 saturated carbocycles. The third-order valence-electron chi connectivity index (χ3n) is 4.87. The second kappa shape index (κ2) is 10.0. The third kappa shape index (κ3) is 5.49. The van der Waals surface area contributed by atoms with Crippen LogP contribution in [0.15, 0.2) is 22.5 Å². The molecule has 24 heavy (non-hydrogen) atoms. The highest BCUT2D eigenvalue weighted by atomic mass is 32.1. The first-order valence-corrected chi connectivity index (χ1v) is 10.3. The maximum absolute atomic E-state index is 4.93. The first-order valence-electron chi connectivity index (χ1n) is 9.46. The van der Waals surface area contributed by atoms with Crippen molar-refractivity contribution in [2.24, 2.45) is 10.9 Å². The fourth-order valence-electron chi connectivity index (χ4n) is 3.33. The van der Waals surface area contributed by atoms with Gasteiger partial charge in [0, 0.05) is 37.0 Å². The van der Waals surface area contributed by atoms with Crippen molar-refractivity contribution in [3.8, 4) is 0 Å². The quantitative estimate of drug-likeness (QED) is 0.575. The fraction of sp³-hybridized carbons (Fsp3) is 0.737. The summed E-state index contributed by atoms with van der Waals surface area (Å²) in [4.78, 5) is 11.4. The zero-order valence-electron chi connectivity index (χ0n) is 15.8. The molecule has 2 atom stereocenters. The summed E-state index contributed by atoms with van der Waals surface area (Å²) in [6.45, 7) is 16.5. The van der Waals surface area contributed by atoms with E-state index in [1.807, 2.05) is 11.3 Å². The van der Waals surface area contributed by atoms with E-state index in [4.69, 9.17) is 4.99 Å². The Hall–Kier alpha value is -1.07. The fourth-order valence-corrected chi connectivity index (χ4v) is 4.11. The van der Waals surface area contributed by atoms with Gasteiger partial charge in [-0.15, -0.1) is 11.3 Å². The number of rotatable bonds is 8. The summed E-state index contributed by atoms with van der Waals surface area (Å²) in [6, 6.07) is 4.34. The van der Waals surface area contributed by atoms with Crippen LogP contribution >= 0.6 is 11.3 Å². The van der Waals surface area contributed by atoms with Gasteiger partial charge in [-0.1, -0.05) is 26.8 Å². The summed E-state index contributed by atoms with van der Waals surface area (Å²) >= 11 is 1.83. The Morgan fingerprint density at radius 2 is 2.21 bits per heavy atom. The molecule has 1 aromatic rings. The van der Waals surface area contributed by atoms with Crippen molar-refractivity contribution in [1.82, 2.24) is 15.1 Å². The Morgan fingerprint density at radius 3 is 2.83 bits per heavy atom. The Bertz CT molecular complexity index is 482. The van der Waals surface area contributed by atoms with Crippen LogP contribution in [-0.4, -0.2) is 61.6 Å². The normalized spacial score (nSPS) is 20.0. The van der Waals surface area contributed by atoms with Crippen LogP contribution in [0, 0.1) is 5.92 Å². The van der Waals surface area contributed by atoms with Gasteiger partial charge >= 0.3 is 0 Å². The lowest BCUT2D eigenvalue weighted by Crippen LogP contribution is -2.41. The van der Waals surface area contributed by atoms with Gasteiger partial charge < -0.3 is 15.1 Å². The molecule has 4 nitrogen and oxygen atoms in total. The van der Waals surface area contributed by atoms with Crippen molar-refractivity contribution in [2.75, 3.05) is 45.8 Å². The van der Waals surface area contributed by atoms with Gasteiger partial charge in [-0.05, 0) is 43.8 Å². The van der Waals surface area contributed by atoms with Crippen LogP contribution in [0.1, 0.15) is 44.9 Å². The van der Waals surface area contributed by atoms with E-state index in [1.54, 1.807) is 0 Å².